The number of piperidine rings is 1. The first kappa shape index (κ1) is 27.5. The van der Waals surface area contributed by atoms with Gasteiger partial charge in [-0.25, -0.2) is 19.3 Å². The SMILES string of the molecule is CC(O[C@@H]1CCCCO1)c1nc2cnc(Nc3ccnc(N4CC[C@@H](O)[C@@H](F)C4)n3)cc2n1[C@@H](C)C(F)(F)F. The maximum Gasteiger partial charge on any atom is 0.408 e. The fourth-order valence-electron chi connectivity index (χ4n) is 4.81. The summed E-state index contributed by atoms with van der Waals surface area (Å²) in [5, 5.41) is 12.7. The minimum atomic E-state index is -4.53. The number of halogens is 4. The van der Waals surface area contributed by atoms with Crippen LogP contribution in [-0.2, 0) is 9.47 Å². The number of hydrogen-bond acceptors (Lipinski definition) is 9. The predicted octanol–water partition coefficient (Wildman–Crippen LogP) is 4.60. The van der Waals surface area contributed by atoms with Gasteiger partial charge in [0.25, 0.3) is 0 Å². The molecule has 212 valence electrons. The summed E-state index contributed by atoms with van der Waals surface area (Å²) in [5.74, 6) is 0.968. The number of aliphatic hydroxyl groups excluding tert-OH is 1. The monoisotopic (exact) mass is 553 g/mol. The van der Waals surface area contributed by atoms with Crippen LogP contribution < -0.4 is 10.2 Å². The summed E-state index contributed by atoms with van der Waals surface area (Å²) < 4.78 is 68.6. The second-order valence-corrected chi connectivity index (χ2v) is 9.88. The second kappa shape index (κ2) is 11.2. The molecule has 0 bridgehead atoms. The molecule has 0 spiro atoms. The summed E-state index contributed by atoms with van der Waals surface area (Å²) in [4.78, 5) is 19.0. The molecule has 1 unspecified atom stereocenters. The van der Waals surface area contributed by atoms with Gasteiger partial charge in [0.05, 0.1) is 24.4 Å². The summed E-state index contributed by atoms with van der Waals surface area (Å²) in [5.41, 5.74) is 0.516. The number of aliphatic hydroxyl groups is 1. The van der Waals surface area contributed by atoms with Crippen LogP contribution in [0, 0.1) is 0 Å². The van der Waals surface area contributed by atoms with Gasteiger partial charge >= 0.3 is 6.18 Å². The molecule has 2 aliphatic rings. The van der Waals surface area contributed by atoms with Gasteiger partial charge in [-0.1, -0.05) is 0 Å². The topological polar surface area (TPSA) is 110 Å². The van der Waals surface area contributed by atoms with E-state index < -0.39 is 36.9 Å². The quantitative estimate of drug-likeness (QED) is 0.406. The number of anilines is 3. The molecular formula is C25H31F4N7O3. The number of pyridine rings is 1. The Morgan fingerprint density at radius 1 is 1.15 bits per heavy atom. The van der Waals surface area contributed by atoms with E-state index in [4.69, 9.17) is 9.47 Å². The number of fused-ring (bicyclic) bond motifs is 1. The second-order valence-electron chi connectivity index (χ2n) is 9.88. The van der Waals surface area contributed by atoms with Crippen molar-refractivity contribution in [3.63, 3.8) is 0 Å². The summed E-state index contributed by atoms with van der Waals surface area (Å²) in [6.45, 7) is 3.63. The van der Waals surface area contributed by atoms with Gasteiger partial charge in [0.2, 0.25) is 5.95 Å². The Morgan fingerprint density at radius 3 is 2.69 bits per heavy atom. The van der Waals surface area contributed by atoms with Crippen molar-refractivity contribution in [2.45, 2.75) is 76.4 Å². The van der Waals surface area contributed by atoms with Crippen molar-refractivity contribution in [3.8, 4) is 0 Å². The average molecular weight is 554 g/mol. The number of aromatic nitrogens is 5. The molecule has 5 rings (SSSR count). The standard InChI is InChI=1S/C25H31F4N7O3/c1-14(39-22-5-3-4-10-38-22)23-32-17-12-31-21(11-18(17)36(23)15(2)25(27,28)29)33-20-6-8-30-24(34-20)35-9-7-19(37)16(26)13-35/h6,8,11-12,14-16,19,22,37H,3-5,7,9-10,13H2,1-2H3,(H,30,31,33,34)/t14?,15-,16-,19+,22+/m0/s1. The van der Waals surface area contributed by atoms with Gasteiger partial charge in [-0.3, -0.25) is 0 Å². The van der Waals surface area contributed by atoms with Gasteiger partial charge in [0, 0.05) is 25.4 Å². The van der Waals surface area contributed by atoms with Gasteiger partial charge in [-0.2, -0.15) is 18.2 Å². The molecule has 3 aromatic heterocycles. The number of imidazole rings is 1. The summed E-state index contributed by atoms with van der Waals surface area (Å²) in [7, 11) is 0. The molecule has 0 aliphatic carbocycles. The maximum atomic E-state index is 14.0. The lowest BCUT2D eigenvalue weighted by Gasteiger charge is -2.32. The molecular weight excluding hydrogens is 522 g/mol. The third-order valence-electron chi connectivity index (χ3n) is 7.01. The Bertz CT molecular complexity index is 1280. The first-order valence-corrected chi connectivity index (χ1v) is 13.0. The van der Waals surface area contributed by atoms with Crippen LogP contribution in [-0.4, -0.2) is 74.0 Å². The van der Waals surface area contributed by atoms with E-state index in [-0.39, 0.29) is 41.6 Å². The molecule has 5 heterocycles. The lowest BCUT2D eigenvalue weighted by molar-refractivity contribution is -0.190. The van der Waals surface area contributed by atoms with Crippen LogP contribution in [0.4, 0.5) is 35.1 Å². The lowest BCUT2D eigenvalue weighted by atomic mass is 10.1. The molecule has 2 saturated heterocycles. The Labute approximate surface area is 222 Å². The van der Waals surface area contributed by atoms with Crippen LogP contribution >= 0.6 is 0 Å². The highest BCUT2D eigenvalue weighted by molar-refractivity contribution is 5.79. The van der Waals surface area contributed by atoms with Crippen molar-refractivity contribution >= 4 is 28.6 Å². The molecule has 2 fully saturated rings. The summed E-state index contributed by atoms with van der Waals surface area (Å²) in [6, 6.07) is 1.18. The number of ether oxygens (including phenoxy) is 2. The molecule has 10 nitrogen and oxygen atoms in total. The van der Waals surface area contributed by atoms with Gasteiger partial charge in [0.15, 0.2) is 6.29 Å². The molecule has 0 amide bonds. The van der Waals surface area contributed by atoms with Gasteiger partial charge < -0.3 is 29.4 Å². The van der Waals surface area contributed by atoms with E-state index in [2.05, 4.69) is 25.3 Å². The van der Waals surface area contributed by atoms with E-state index in [1.165, 1.54) is 18.5 Å². The van der Waals surface area contributed by atoms with Crippen LogP contribution in [0.15, 0.2) is 24.5 Å². The minimum absolute atomic E-state index is 0.0434. The maximum absolute atomic E-state index is 14.0. The van der Waals surface area contributed by atoms with Crippen molar-refractivity contribution in [3.05, 3.63) is 30.4 Å². The smallest absolute Gasteiger partial charge is 0.390 e. The zero-order valence-corrected chi connectivity index (χ0v) is 21.6. The van der Waals surface area contributed by atoms with Crippen molar-refractivity contribution in [2.24, 2.45) is 0 Å². The molecule has 39 heavy (non-hydrogen) atoms. The first-order chi connectivity index (χ1) is 18.6. The number of alkyl halides is 4. The van der Waals surface area contributed by atoms with Crippen molar-refractivity contribution in [1.82, 2.24) is 24.5 Å². The van der Waals surface area contributed by atoms with Gasteiger partial charge in [-0.15, -0.1) is 0 Å². The third kappa shape index (κ3) is 6.07. The highest BCUT2D eigenvalue weighted by Crippen LogP contribution is 2.37. The highest BCUT2D eigenvalue weighted by Gasteiger charge is 2.40. The van der Waals surface area contributed by atoms with E-state index >= 15 is 0 Å². The molecule has 14 heteroatoms. The highest BCUT2D eigenvalue weighted by atomic mass is 19.4. The predicted molar refractivity (Wildman–Crippen MR) is 134 cm³/mol. The minimum Gasteiger partial charge on any atom is -0.390 e. The zero-order valence-electron chi connectivity index (χ0n) is 21.6. The molecule has 0 aromatic carbocycles. The Kier molecular flexibility index (Phi) is 7.87. The number of nitrogens with zero attached hydrogens (tertiary/aromatic N) is 6. The molecule has 3 aromatic rings. The molecule has 2 N–H and O–H groups in total. The Morgan fingerprint density at radius 2 is 1.97 bits per heavy atom. The van der Waals surface area contributed by atoms with E-state index in [9.17, 15) is 22.7 Å². The van der Waals surface area contributed by atoms with E-state index in [0.29, 0.717) is 25.4 Å². The van der Waals surface area contributed by atoms with E-state index in [0.717, 1.165) is 24.3 Å². The fraction of sp³-hybridized carbons (Fsp3) is 0.600. The normalized spacial score (nSPS) is 24.1. The van der Waals surface area contributed by atoms with Crippen molar-refractivity contribution in [2.75, 3.05) is 29.9 Å². The van der Waals surface area contributed by atoms with Crippen molar-refractivity contribution in [1.29, 1.82) is 0 Å². The number of hydrogen-bond donors (Lipinski definition) is 2. The largest absolute Gasteiger partial charge is 0.408 e. The number of rotatable bonds is 7. The van der Waals surface area contributed by atoms with Gasteiger partial charge in [-0.05, 0) is 45.6 Å². The number of nitrogens with one attached hydrogen (secondary N) is 1. The van der Waals surface area contributed by atoms with Crippen LogP contribution in [0.2, 0.25) is 0 Å². The van der Waals surface area contributed by atoms with E-state index in [1.54, 1.807) is 17.9 Å². The first-order valence-electron chi connectivity index (χ1n) is 13.0. The zero-order chi connectivity index (χ0) is 27.7. The van der Waals surface area contributed by atoms with Crippen LogP contribution in [0.3, 0.4) is 0 Å². The molecule has 2 aliphatic heterocycles. The van der Waals surface area contributed by atoms with Crippen LogP contribution in [0.25, 0.3) is 11.0 Å². The van der Waals surface area contributed by atoms with Gasteiger partial charge in [0.1, 0.15) is 41.3 Å². The van der Waals surface area contributed by atoms with Crippen molar-refractivity contribution < 1.29 is 32.1 Å². The molecule has 5 atom stereocenters. The summed E-state index contributed by atoms with van der Waals surface area (Å²) in [6.07, 6.45) is -2.57. The average Bonchev–Trinajstić information content (AvgIpc) is 3.29. The fourth-order valence-corrected chi connectivity index (χ4v) is 4.81. The Balaban J connectivity index is 1.43. The molecule has 0 saturated carbocycles. The summed E-state index contributed by atoms with van der Waals surface area (Å²) >= 11 is 0. The van der Waals surface area contributed by atoms with Crippen LogP contribution in [0.5, 0.6) is 0 Å². The molecule has 0 radical (unpaired) electrons. The van der Waals surface area contributed by atoms with E-state index in [1.807, 2.05) is 0 Å². The van der Waals surface area contributed by atoms with Crippen LogP contribution in [0.1, 0.15) is 57.5 Å². The third-order valence-corrected chi connectivity index (χ3v) is 7.01. The Hall–Kier alpha value is -3.10. The lowest BCUT2D eigenvalue weighted by Crippen LogP contribution is -2.45.